The van der Waals surface area contributed by atoms with Gasteiger partial charge in [-0.2, -0.15) is 0 Å². The zero-order valence-electron chi connectivity index (χ0n) is 12.8. The molecule has 0 aliphatic rings. The number of hydrogen-bond donors (Lipinski definition) is 1. The van der Waals surface area contributed by atoms with E-state index < -0.39 is 0 Å². The van der Waals surface area contributed by atoms with Crippen LogP contribution in [0.15, 0.2) is 34.9 Å². The highest BCUT2D eigenvalue weighted by Gasteiger charge is 2.19. The van der Waals surface area contributed by atoms with Gasteiger partial charge >= 0.3 is 0 Å². The minimum absolute atomic E-state index is 0.0677. The molecule has 0 aliphatic carbocycles. The van der Waals surface area contributed by atoms with Crippen molar-refractivity contribution in [3.63, 3.8) is 0 Å². The lowest BCUT2D eigenvalue weighted by atomic mass is 9.92. The Morgan fingerprint density at radius 3 is 2.48 bits per heavy atom. The van der Waals surface area contributed by atoms with E-state index in [1.54, 1.807) is 31.4 Å². The molecule has 21 heavy (non-hydrogen) atoms. The Morgan fingerprint density at radius 2 is 1.95 bits per heavy atom. The minimum atomic E-state index is -0.161. The first-order valence-electron chi connectivity index (χ1n) is 6.78. The standard InChI is InChI=1S/C16H20N2O3/c1-16(2,3)14-9-13(21-18-14)10-17-15(19)11-5-7-12(20-4)8-6-11/h5-9H,10H2,1-4H3,(H,17,19). The molecule has 1 N–H and O–H groups in total. The molecular formula is C16H20N2O3. The normalized spacial score (nSPS) is 11.2. The van der Waals surface area contributed by atoms with Gasteiger partial charge in [-0.1, -0.05) is 25.9 Å². The molecule has 1 heterocycles. The zero-order chi connectivity index (χ0) is 15.5. The average Bonchev–Trinajstić information content (AvgIpc) is 2.94. The van der Waals surface area contributed by atoms with Gasteiger partial charge in [0.1, 0.15) is 5.75 Å². The summed E-state index contributed by atoms with van der Waals surface area (Å²) in [4.78, 5) is 12.0. The molecule has 5 nitrogen and oxygen atoms in total. The van der Waals surface area contributed by atoms with Crippen LogP contribution >= 0.6 is 0 Å². The molecule has 112 valence electrons. The van der Waals surface area contributed by atoms with Crippen LogP contribution in [-0.2, 0) is 12.0 Å². The second-order valence-electron chi connectivity index (χ2n) is 5.84. The van der Waals surface area contributed by atoms with Crippen LogP contribution in [0.25, 0.3) is 0 Å². The summed E-state index contributed by atoms with van der Waals surface area (Å²) < 4.78 is 10.3. The number of ether oxygens (including phenoxy) is 1. The smallest absolute Gasteiger partial charge is 0.251 e. The van der Waals surface area contributed by atoms with Crippen molar-refractivity contribution >= 4 is 5.91 Å². The number of nitrogens with one attached hydrogen (secondary N) is 1. The molecule has 1 aromatic carbocycles. The van der Waals surface area contributed by atoms with Crippen molar-refractivity contribution in [1.29, 1.82) is 0 Å². The third kappa shape index (κ3) is 3.84. The molecule has 0 unspecified atom stereocenters. The van der Waals surface area contributed by atoms with Crippen LogP contribution < -0.4 is 10.1 Å². The first-order chi connectivity index (χ1) is 9.90. The molecule has 5 heteroatoms. The third-order valence-corrected chi connectivity index (χ3v) is 3.10. The van der Waals surface area contributed by atoms with Gasteiger partial charge in [-0.05, 0) is 24.3 Å². The highest BCUT2D eigenvalue weighted by molar-refractivity contribution is 5.94. The molecule has 2 aromatic rings. The Kier molecular flexibility index (Phi) is 4.31. The van der Waals surface area contributed by atoms with E-state index in [0.717, 1.165) is 11.4 Å². The highest BCUT2D eigenvalue weighted by Crippen LogP contribution is 2.21. The maximum atomic E-state index is 12.0. The molecule has 1 amide bonds. The minimum Gasteiger partial charge on any atom is -0.497 e. The molecule has 0 bridgehead atoms. The fourth-order valence-corrected chi connectivity index (χ4v) is 1.76. The summed E-state index contributed by atoms with van der Waals surface area (Å²) in [5.74, 6) is 1.20. The van der Waals surface area contributed by atoms with Gasteiger partial charge in [0.2, 0.25) is 0 Å². The van der Waals surface area contributed by atoms with E-state index in [4.69, 9.17) is 9.26 Å². The molecule has 0 spiro atoms. The van der Waals surface area contributed by atoms with E-state index in [-0.39, 0.29) is 11.3 Å². The van der Waals surface area contributed by atoms with E-state index in [9.17, 15) is 4.79 Å². The van der Waals surface area contributed by atoms with Gasteiger partial charge in [-0.15, -0.1) is 0 Å². The number of carbonyl (C=O) groups excluding carboxylic acids is 1. The monoisotopic (exact) mass is 288 g/mol. The summed E-state index contributed by atoms with van der Waals surface area (Å²) in [5.41, 5.74) is 1.38. The number of nitrogens with zero attached hydrogens (tertiary/aromatic N) is 1. The van der Waals surface area contributed by atoms with Crippen molar-refractivity contribution in [2.45, 2.75) is 32.7 Å². The van der Waals surface area contributed by atoms with Crippen LogP contribution in [0.2, 0.25) is 0 Å². The topological polar surface area (TPSA) is 64.4 Å². The molecule has 0 fully saturated rings. The first kappa shape index (κ1) is 15.1. The summed E-state index contributed by atoms with van der Waals surface area (Å²) in [7, 11) is 1.59. The second-order valence-corrected chi connectivity index (χ2v) is 5.84. The Labute approximate surface area is 124 Å². The molecular weight excluding hydrogens is 268 g/mol. The molecule has 0 saturated heterocycles. The largest absolute Gasteiger partial charge is 0.497 e. The Hall–Kier alpha value is -2.30. The fraction of sp³-hybridized carbons (Fsp3) is 0.375. The molecule has 0 atom stereocenters. The summed E-state index contributed by atoms with van der Waals surface area (Å²) in [5, 5.41) is 6.82. The lowest BCUT2D eigenvalue weighted by Crippen LogP contribution is -2.22. The van der Waals surface area contributed by atoms with Crippen molar-refractivity contribution in [2.24, 2.45) is 0 Å². The fourth-order valence-electron chi connectivity index (χ4n) is 1.76. The van der Waals surface area contributed by atoms with Crippen molar-refractivity contribution in [1.82, 2.24) is 10.5 Å². The van der Waals surface area contributed by atoms with Gasteiger partial charge < -0.3 is 14.6 Å². The highest BCUT2D eigenvalue weighted by atomic mass is 16.5. The van der Waals surface area contributed by atoms with Crippen molar-refractivity contribution in [2.75, 3.05) is 7.11 Å². The third-order valence-electron chi connectivity index (χ3n) is 3.10. The lowest BCUT2D eigenvalue weighted by Gasteiger charge is -2.12. The lowest BCUT2D eigenvalue weighted by molar-refractivity contribution is 0.0947. The molecule has 0 aliphatic heterocycles. The van der Waals surface area contributed by atoms with Crippen LogP contribution in [0, 0.1) is 0 Å². The number of aromatic nitrogens is 1. The van der Waals surface area contributed by atoms with Crippen molar-refractivity contribution < 1.29 is 14.1 Å². The summed E-state index contributed by atoms with van der Waals surface area (Å²) in [6.45, 7) is 6.49. The van der Waals surface area contributed by atoms with Gasteiger partial charge in [-0.25, -0.2) is 0 Å². The van der Waals surface area contributed by atoms with E-state index >= 15 is 0 Å². The predicted octanol–water partition coefficient (Wildman–Crippen LogP) is 2.91. The number of methoxy groups -OCH3 is 1. The Bertz CT molecular complexity index is 609. The van der Waals surface area contributed by atoms with Crippen LogP contribution in [0.4, 0.5) is 0 Å². The SMILES string of the molecule is COc1ccc(C(=O)NCc2cc(C(C)(C)C)no2)cc1. The summed E-state index contributed by atoms with van der Waals surface area (Å²) >= 11 is 0. The first-order valence-corrected chi connectivity index (χ1v) is 6.78. The zero-order valence-corrected chi connectivity index (χ0v) is 12.8. The molecule has 1 aromatic heterocycles. The Morgan fingerprint density at radius 1 is 1.29 bits per heavy atom. The predicted molar refractivity (Wildman–Crippen MR) is 79.4 cm³/mol. The maximum Gasteiger partial charge on any atom is 0.251 e. The quantitative estimate of drug-likeness (QED) is 0.939. The number of amides is 1. The van der Waals surface area contributed by atoms with Crippen molar-refractivity contribution in [3.8, 4) is 5.75 Å². The molecule has 2 rings (SSSR count). The number of benzene rings is 1. The summed E-state index contributed by atoms with van der Waals surface area (Å²) in [6.07, 6.45) is 0. The van der Waals surface area contributed by atoms with Crippen LogP contribution in [0.5, 0.6) is 5.75 Å². The van der Waals surface area contributed by atoms with E-state index in [0.29, 0.717) is 17.9 Å². The van der Waals surface area contributed by atoms with E-state index in [2.05, 4.69) is 31.2 Å². The number of carbonyl (C=O) groups is 1. The number of hydrogen-bond acceptors (Lipinski definition) is 4. The van der Waals surface area contributed by atoms with Gasteiger partial charge in [0.15, 0.2) is 5.76 Å². The number of rotatable bonds is 4. The van der Waals surface area contributed by atoms with E-state index in [1.807, 2.05) is 6.07 Å². The summed E-state index contributed by atoms with van der Waals surface area (Å²) in [6, 6.07) is 8.81. The van der Waals surface area contributed by atoms with Crippen LogP contribution in [0.3, 0.4) is 0 Å². The Balaban J connectivity index is 1.95. The van der Waals surface area contributed by atoms with Crippen LogP contribution in [-0.4, -0.2) is 18.2 Å². The maximum absolute atomic E-state index is 12.0. The molecule has 0 radical (unpaired) electrons. The van der Waals surface area contributed by atoms with Crippen molar-refractivity contribution in [3.05, 3.63) is 47.3 Å². The van der Waals surface area contributed by atoms with Gasteiger partial charge in [0, 0.05) is 17.0 Å². The molecule has 0 saturated carbocycles. The van der Waals surface area contributed by atoms with Gasteiger partial charge in [0.25, 0.3) is 5.91 Å². The van der Waals surface area contributed by atoms with Crippen LogP contribution in [0.1, 0.15) is 42.6 Å². The van der Waals surface area contributed by atoms with Gasteiger partial charge in [0.05, 0.1) is 19.3 Å². The van der Waals surface area contributed by atoms with E-state index in [1.165, 1.54) is 0 Å². The average molecular weight is 288 g/mol. The van der Waals surface area contributed by atoms with Gasteiger partial charge in [-0.3, -0.25) is 4.79 Å². The second kappa shape index (κ2) is 5.99.